The van der Waals surface area contributed by atoms with Gasteiger partial charge in [0.2, 0.25) is 0 Å². The van der Waals surface area contributed by atoms with Crippen LogP contribution >= 0.6 is 12.2 Å². The molecule has 1 atom stereocenters. The van der Waals surface area contributed by atoms with Crippen molar-refractivity contribution >= 4 is 17.3 Å². The molecule has 0 aromatic rings. The minimum Gasteiger partial charge on any atom is -0.484 e. The molecule has 0 amide bonds. The van der Waals surface area contributed by atoms with Crippen LogP contribution in [0, 0.1) is 0 Å². The number of ether oxygens (including phenoxy) is 1. The van der Waals surface area contributed by atoms with Crippen molar-refractivity contribution in [3.8, 4) is 0 Å². The Bertz CT molecular complexity index is 123. The number of hydrogen-bond acceptors (Lipinski definition) is 2. The third-order valence-electron chi connectivity index (χ3n) is 1.82. The Balaban J connectivity index is 3.61. The highest BCUT2D eigenvalue weighted by Gasteiger charge is 2.07. The molecule has 0 bridgehead atoms. The SMILES string of the molecule is CCCCC(CCC)OC(C)=S. The fourth-order valence-corrected chi connectivity index (χ4v) is 1.39. The summed E-state index contributed by atoms with van der Waals surface area (Å²) in [6.45, 7) is 6.23. The van der Waals surface area contributed by atoms with Crippen LogP contribution in [0.15, 0.2) is 0 Å². The first-order chi connectivity index (χ1) is 5.70. The third kappa shape index (κ3) is 6.59. The molecule has 1 nitrogen and oxygen atoms in total. The van der Waals surface area contributed by atoms with Crippen molar-refractivity contribution in [3.63, 3.8) is 0 Å². The highest BCUT2D eigenvalue weighted by atomic mass is 32.1. The summed E-state index contributed by atoms with van der Waals surface area (Å²) in [6.07, 6.45) is 6.31. The summed E-state index contributed by atoms with van der Waals surface area (Å²) in [4.78, 5) is 0. The minimum absolute atomic E-state index is 0.368. The lowest BCUT2D eigenvalue weighted by Gasteiger charge is -2.16. The molecule has 2 heteroatoms. The van der Waals surface area contributed by atoms with Crippen molar-refractivity contribution in [2.45, 2.75) is 59.0 Å². The van der Waals surface area contributed by atoms with Gasteiger partial charge in [0.25, 0.3) is 0 Å². The Hall–Kier alpha value is -0.110. The highest BCUT2D eigenvalue weighted by Crippen LogP contribution is 2.11. The van der Waals surface area contributed by atoms with E-state index in [9.17, 15) is 0 Å². The molecule has 0 spiro atoms. The predicted octanol–water partition coefficient (Wildman–Crippen LogP) is 3.71. The summed E-state index contributed by atoms with van der Waals surface area (Å²) in [5.41, 5.74) is 0. The zero-order valence-electron chi connectivity index (χ0n) is 8.43. The summed E-state index contributed by atoms with van der Waals surface area (Å²) >= 11 is 4.91. The van der Waals surface area contributed by atoms with Crippen molar-refractivity contribution in [2.24, 2.45) is 0 Å². The van der Waals surface area contributed by atoms with Gasteiger partial charge in [-0.25, -0.2) is 0 Å². The molecule has 0 saturated heterocycles. The van der Waals surface area contributed by atoms with E-state index in [1.807, 2.05) is 6.92 Å². The lowest BCUT2D eigenvalue weighted by atomic mass is 10.1. The van der Waals surface area contributed by atoms with Gasteiger partial charge in [0.1, 0.15) is 0 Å². The molecule has 0 rings (SSSR count). The normalized spacial score (nSPS) is 12.6. The Morgan fingerprint density at radius 3 is 2.33 bits per heavy atom. The zero-order chi connectivity index (χ0) is 9.40. The fourth-order valence-electron chi connectivity index (χ4n) is 1.25. The number of thiocarbonyl (C=S) groups is 1. The fraction of sp³-hybridized carbons (Fsp3) is 0.900. The van der Waals surface area contributed by atoms with Crippen LogP contribution < -0.4 is 0 Å². The van der Waals surface area contributed by atoms with Crippen molar-refractivity contribution < 1.29 is 4.74 Å². The van der Waals surface area contributed by atoms with Gasteiger partial charge in [-0.1, -0.05) is 33.1 Å². The first kappa shape index (κ1) is 11.9. The molecular formula is C10H20OS. The van der Waals surface area contributed by atoms with Crippen LogP contribution in [0.1, 0.15) is 52.9 Å². The predicted molar refractivity (Wildman–Crippen MR) is 57.6 cm³/mol. The summed E-state index contributed by atoms with van der Waals surface area (Å²) in [5.74, 6) is 0. The smallest absolute Gasteiger partial charge is 0.157 e. The van der Waals surface area contributed by atoms with Crippen LogP contribution in [0.2, 0.25) is 0 Å². The van der Waals surface area contributed by atoms with Crippen LogP contribution in [0.3, 0.4) is 0 Å². The molecule has 0 aliphatic rings. The Labute approximate surface area is 81.5 Å². The Kier molecular flexibility index (Phi) is 7.47. The zero-order valence-corrected chi connectivity index (χ0v) is 9.25. The largest absolute Gasteiger partial charge is 0.484 e. The summed E-state index contributed by atoms with van der Waals surface area (Å²) in [6, 6.07) is 0. The number of unbranched alkanes of at least 4 members (excludes halogenated alkanes) is 1. The average Bonchev–Trinajstić information content (AvgIpc) is 2.00. The first-order valence-corrected chi connectivity index (χ1v) is 5.28. The van der Waals surface area contributed by atoms with Gasteiger partial charge in [-0.15, -0.1) is 0 Å². The lowest BCUT2D eigenvalue weighted by Crippen LogP contribution is -2.14. The Morgan fingerprint density at radius 1 is 1.25 bits per heavy atom. The molecule has 0 aromatic carbocycles. The quantitative estimate of drug-likeness (QED) is 0.588. The molecule has 0 aromatic heterocycles. The van der Waals surface area contributed by atoms with Crippen LogP contribution in [0.5, 0.6) is 0 Å². The maximum atomic E-state index is 5.52. The van der Waals surface area contributed by atoms with E-state index in [0.717, 1.165) is 12.8 Å². The van der Waals surface area contributed by atoms with Crippen LogP contribution in [0.4, 0.5) is 0 Å². The van der Waals surface area contributed by atoms with Gasteiger partial charge in [-0.2, -0.15) is 0 Å². The van der Waals surface area contributed by atoms with Gasteiger partial charge < -0.3 is 4.74 Å². The number of rotatable bonds is 6. The van der Waals surface area contributed by atoms with Gasteiger partial charge >= 0.3 is 0 Å². The van der Waals surface area contributed by atoms with Gasteiger partial charge in [0.15, 0.2) is 5.05 Å². The summed E-state index contributed by atoms with van der Waals surface area (Å²) in [5, 5.41) is 0.685. The van der Waals surface area contributed by atoms with E-state index < -0.39 is 0 Å². The average molecular weight is 188 g/mol. The lowest BCUT2D eigenvalue weighted by molar-refractivity contribution is 0.167. The van der Waals surface area contributed by atoms with Crippen molar-refractivity contribution in [2.75, 3.05) is 0 Å². The number of hydrogen-bond donors (Lipinski definition) is 0. The van der Waals surface area contributed by atoms with Crippen LogP contribution in [-0.4, -0.2) is 11.2 Å². The van der Waals surface area contributed by atoms with Gasteiger partial charge in [0, 0.05) is 6.92 Å². The second-order valence-corrected chi connectivity index (χ2v) is 3.74. The summed E-state index contributed by atoms with van der Waals surface area (Å²) < 4.78 is 5.52. The molecule has 0 aliphatic heterocycles. The maximum absolute atomic E-state index is 5.52. The second kappa shape index (κ2) is 7.53. The molecule has 72 valence electrons. The van der Waals surface area contributed by atoms with Gasteiger partial charge in [-0.05, 0) is 25.1 Å². The van der Waals surface area contributed by atoms with Crippen molar-refractivity contribution in [1.82, 2.24) is 0 Å². The van der Waals surface area contributed by atoms with E-state index in [2.05, 4.69) is 13.8 Å². The molecule has 1 unspecified atom stereocenters. The topological polar surface area (TPSA) is 9.23 Å². The Morgan fingerprint density at radius 2 is 1.92 bits per heavy atom. The monoisotopic (exact) mass is 188 g/mol. The minimum atomic E-state index is 0.368. The van der Waals surface area contributed by atoms with Crippen molar-refractivity contribution in [3.05, 3.63) is 0 Å². The molecule has 0 heterocycles. The standard InChI is InChI=1S/C10H20OS/c1-4-6-8-10(7-5-2)11-9(3)12/h10H,4-8H2,1-3H3. The van der Waals surface area contributed by atoms with Crippen molar-refractivity contribution in [1.29, 1.82) is 0 Å². The molecule has 0 aliphatic carbocycles. The van der Waals surface area contributed by atoms with E-state index in [0.29, 0.717) is 11.2 Å². The third-order valence-corrected chi connectivity index (χ3v) is 1.92. The van der Waals surface area contributed by atoms with E-state index >= 15 is 0 Å². The second-order valence-electron chi connectivity index (χ2n) is 3.16. The molecule has 0 saturated carbocycles. The molecule has 0 radical (unpaired) electrons. The van der Waals surface area contributed by atoms with Gasteiger partial charge in [-0.3, -0.25) is 0 Å². The van der Waals surface area contributed by atoms with Crippen LogP contribution in [-0.2, 0) is 4.74 Å². The summed E-state index contributed by atoms with van der Waals surface area (Å²) in [7, 11) is 0. The van der Waals surface area contributed by atoms with E-state index in [4.69, 9.17) is 17.0 Å². The molecule has 0 fully saturated rings. The maximum Gasteiger partial charge on any atom is 0.157 e. The molecule has 0 N–H and O–H groups in total. The molecule has 12 heavy (non-hydrogen) atoms. The van der Waals surface area contributed by atoms with E-state index in [-0.39, 0.29) is 0 Å². The highest BCUT2D eigenvalue weighted by molar-refractivity contribution is 7.80. The van der Waals surface area contributed by atoms with Crippen LogP contribution in [0.25, 0.3) is 0 Å². The van der Waals surface area contributed by atoms with E-state index in [1.54, 1.807) is 0 Å². The van der Waals surface area contributed by atoms with Gasteiger partial charge in [0.05, 0.1) is 6.10 Å². The first-order valence-electron chi connectivity index (χ1n) is 4.87. The molecular weight excluding hydrogens is 168 g/mol. The van der Waals surface area contributed by atoms with E-state index in [1.165, 1.54) is 19.3 Å².